The molecule has 0 fully saturated rings. The maximum absolute atomic E-state index is 11.2. The fourth-order valence-corrected chi connectivity index (χ4v) is 1.17. The van der Waals surface area contributed by atoms with Gasteiger partial charge in [0, 0.05) is 5.56 Å². The molecule has 0 heterocycles. The molecule has 0 aliphatic carbocycles. The largest absolute Gasteiger partial charge is 0.465 e. The number of nitrogens with zero attached hydrogens (tertiary/aromatic N) is 1. The molecule has 0 saturated heterocycles. The molecule has 3 nitrogen and oxygen atoms in total. The monoisotopic (exact) mass is 189 g/mol. The van der Waals surface area contributed by atoms with E-state index in [-0.39, 0.29) is 5.97 Å². The second-order valence-corrected chi connectivity index (χ2v) is 2.95. The number of carbonyl (C=O) groups is 1. The number of hydrogen-bond acceptors (Lipinski definition) is 2. The van der Waals surface area contributed by atoms with E-state index in [1.807, 2.05) is 13.0 Å². The maximum atomic E-state index is 11.2. The maximum Gasteiger partial charge on any atom is 0.337 e. The van der Waals surface area contributed by atoms with Crippen LogP contribution in [0.2, 0.25) is 0 Å². The van der Waals surface area contributed by atoms with Gasteiger partial charge in [0.25, 0.3) is 0 Å². The Balaban J connectivity index is 3.07. The zero-order valence-electron chi connectivity index (χ0n) is 8.20. The molecule has 0 saturated carbocycles. The molecular formula is C11H11NO2. The summed E-state index contributed by atoms with van der Waals surface area (Å²) in [7, 11) is 1.34. The molecule has 1 aromatic carbocycles. The first-order chi connectivity index (χ1) is 6.69. The van der Waals surface area contributed by atoms with Gasteiger partial charge in [0.05, 0.1) is 12.7 Å². The van der Waals surface area contributed by atoms with E-state index >= 15 is 0 Å². The van der Waals surface area contributed by atoms with Gasteiger partial charge in [-0.15, -0.1) is 0 Å². The first-order valence-electron chi connectivity index (χ1n) is 4.20. The van der Waals surface area contributed by atoms with Crippen molar-refractivity contribution in [2.24, 2.45) is 0 Å². The smallest absolute Gasteiger partial charge is 0.337 e. The van der Waals surface area contributed by atoms with Crippen LogP contribution in [0.15, 0.2) is 18.2 Å². The van der Waals surface area contributed by atoms with Gasteiger partial charge in [0.1, 0.15) is 0 Å². The normalized spacial score (nSPS) is 9.21. The number of benzene rings is 1. The highest BCUT2D eigenvalue weighted by molar-refractivity contribution is 5.89. The van der Waals surface area contributed by atoms with Crippen molar-refractivity contribution in [2.45, 2.75) is 13.5 Å². The van der Waals surface area contributed by atoms with Crippen molar-refractivity contribution in [1.82, 2.24) is 0 Å². The Morgan fingerprint density at radius 1 is 1.57 bits per heavy atom. The van der Waals surface area contributed by atoms with Crippen LogP contribution in [0.4, 0.5) is 0 Å². The molecule has 0 N–H and O–H groups in total. The van der Waals surface area contributed by atoms with Crippen LogP contribution in [0.5, 0.6) is 0 Å². The van der Waals surface area contributed by atoms with Crippen LogP contribution in [0, 0.1) is 13.5 Å². The topological polar surface area (TPSA) is 30.7 Å². The van der Waals surface area contributed by atoms with Gasteiger partial charge in [-0.05, 0) is 24.6 Å². The van der Waals surface area contributed by atoms with Gasteiger partial charge >= 0.3 is 5.97 Å². The van der Waals surface area contributed by atoms with Crippen LogP contribution in [-0.4, -0.2) is 13.1 Å². The lowest BCUT2D eigenvalue weighted by Gasteiger charge is -2.02. The number of hydrogen-bond donors (Lipinski definition) is 0. The lowest BCUT2D eigenvalue weighted by Crippen LogP contribution is -2.02. The second-order valence-electron chi connectivity index (χ2n) is 2.95. The Morgan fingerprint density at radius 2 is 2.29 bits per heavy atom. The zero-order valence-corrected chi connectivity index (χ0v) is 8.20. The van der Waals surface area contributed by atoms with Crippen LogP contribution in [0.3, 0.4) is 0 Å². The average Bonchev–Trinajstić information content (AvgIpc) is 2.20. The van der Waals surface area contributed by atoms with Gasteiger partial charge in [0.15, 0.2) is 0 Å². The van der Waals surface area contributed by atoms with Crippen molar-refractivity contribution in [3.63, 3.8) is 0 Å². The van der Waals surface area contributed by atoms with Crippen molar-refractivity contribution in [3.05, 3.63) is 46.3 Å². The van der Waals surface area contributed by atoms with Crippen molar-refractivity contribution in [3.8, 4) is 0 Å². The summed E-state index contributed by atoms with van der Waals surface area (Å²) in [5, 5.41) is 0. The van der Waals surface area contributed by atoms with Crippen LogP contribution in [0.1, 0.15) is 21.5 Å². The van der Waals surface area contributed by atoms with Crippen molar-refractivity contribution >= 4 is 5.97 Å². The Labute approximate surface area is 83.1 Å². The van der Waals surface area contributed by atoms with E-state index in [4.69, 9.17) is 6.57 Å². The molecule has 0 amide bonds. The van der Waals surface area contributed by atoms with E-state index in [1.54, 1.807) is 12.1 Å². The molecule has 0 aliphatic rings. The lowest BCUT2D eigenvalue weighted by molar-refractivity contribution is 0.0600. The summed E-state index contributed by atoms with van der Waals surface area (Å²) < 4.78 is 4.59. The summed E-state index contributed by atoms with van der Waals surface area (Å²) in [6.07, 6.45) is 0. The molecule has 1 aromatic rings. The van der Waals surface area contributed by atoms with Gasteiger partial charge in [0.2, 0.25) is 6.54 Å². The summed E-state index contributed by atoms with van der Waals surface area (Å²) in [6, 6.07) is 5.24. The summed E-state index contributed by atoms with van der Waals surface area (Å²) in [4.78, 5) is 14.5. The van der Waals surface area contributed by atoms with E-state index in [0.29, 0.717) is 12.1 Å². The van der Waals surface area contributed by atoms with Crippen LogP contribution in [-0.2, 0) is 11.3 Å². The van der Waals surface area contributed by atoms with Gasteiger partial charge in [-0.3, -0.25) is 0 Å². The highest BCUT2D eigenvalue weighted by atomic mass is 16.5. The van der Waals surface area contributed by atoms with Gasteiger partial charge in [-0.25, -0.2) is 11.4 Å². The third-order valence-corrected chi connectivity index (χ3v) is 2.02. The molecule has 1 rings (SSSR count). The fourth-order valence-electron chi connectivity index (χ4n) is 1.17. The first-order valence-corrected chi connectivity index (χ1v) is 4.20. The molecule has 0 radical (unpaired) electrons. The Hall–Kier alpha value is -1.82. The summed E-state index contributed by atoms with van der Waals surface area (Å²) >= 11 is 0. The fraction of sp³-hybridized carbons (Fsp3) is 0.273. The molecule has 0 spiro atoms. The molecule has 3 heteroatoms. The van der Waals surface area contributed by atoms with Gasteiger partial charge in [-0.1, -0.05) is 6.07 Å². The molecule has 0 aromatic heterocycles. The molecule has 0 atom stereocenters. The highest BCUT2D eigenvalue weighted by Gasteiger charge is 2.08. The Kier molecular flexibility index (Phi) is 3.24. The number of ether oxygens (including phenoxy) is 1. The van der Waals surface area contributed by atoms with Crippen molar-refractivity contribution < 1.29 is 9.53 Å². The van der Waals surface area contributed by atoms with E-state index in [1.165, 1.54) is 7.11 Å². The molecule has 0 unspecified atom stereocenters. The van der Waals surface area contributed by atoms with Crippen molar-refractivity contribution in [2.75, 3.05) is 7.11 Å². The predicted molar refractivity (Wildman–Crippen MR) is 52.8 cm³/mol. The molecule has 0 bridgehead atoms. The third kappa shape index (κ3) is 2.11. The lowest BCUT2D eigenvalue weighted by atomic mass is 10.1. The van der Waals surface area contributed by atoms with Gasteiger partial charge < -0.3 is 9.58 Å². The van der Waals surface area contributed by atoms with Crippen LogP contribution < -0.4 is 0 Å². The first kappa shape index (κ1) is 10.3. The number of methoxy groups -OCH3 is 1. The molecule has 72 valence electrons. The Morgan fingerprint density at radius 3 is 2.86 bits per heavy atom. The number of aryl methyl sites for hydroxylation is 1. The minimum atomic E-state index is -0.365. The summed E-state index contributed by atoms with van der Waals surface area (Å²) in [5.74, 6) is -0.365. The van der Waals surface area contributed by atoms with Crippen LogP contribution in [0.25, 0.3) is 4.85 Å². The van der Waals surface area contributed by atoms with E-state index in [0.717, 1.165) is 11.1 Å². The molecule has 14 heavy (non-hydrogen) atoms. The SMILES string of the molecule is [C-]#[N+]Cc1cc(C(=O)OC)ccc1C. The standard InChI is InChI=1S/C11H11NO2/c1-8-4-5-9(11(13)14-3)6-10(8)7-12-2/h4-6H,7H2,1,3H3. The molecular weight excluding hydrogens is 178 g/mol. The average molecular weight is 189 g/mol. The van der Waals surface area contributed by atoms with Crippen LogP contribution >= 0.6 is 0 Å². The number of rotatable bonds is 2. The second kappa shape index (κ2) is 4.43. The number of carbonyl (C=O) groups excluding carboxylic acids is 1. The zero-order chi connectivity index (χ0) is 10.6. The highest BCUT2D eigenvalue weighted by Crippen LogP contribution is 2.13. The summed E-state index contributed by atoms with van der Waals surface area (Å²) in [5.41, 5.74) is 2.40. The van der Waals surface area contributed by atoms with Crippen molar-refractivity contribution in [1.29, 1.82) is 0 Å². The quantitative estimate of drug-likeness (QED) is 0.527. The van der Waals surface area contributed by atoms with E-state index in [9.17, 15) is 4.79 Å². The number of esters is 1. The predicted octanol–water partition coefficient (Wildman–Crippen LogP) is 2.20. The molecule has 0 aliphatic heterocycles. The minimum Gasteiger partial charge on any atom is -0.465 e. The summed E-state index contributed by atoms with van der Waals surface area (Å²) in [6.45, 7) is 8.99. The van der Waals surface area contributed by atoms with E-state index in [2.05, 4.69) is 9.58 Å². The third-order valence-electron chi connectivity index (χ3n) is 2.02. The van der Waals surface area contributed by atoms with Gasteiger partial charge in [-0.2, -0.15) is 0 Å². The Bertz CT molecular complexity index is 391. The van der Waals surface area contributed by atoms with E-state index < -0.39 is 0 Å². The minimum absolute atomic E-state index is 0.302.